The molecule has 9 nitrogen and oxygen atoms in total. The van der Waals surface area contributed by atoms with E-state index in [1.54, 1.807) is 11.1 Å². The number of nitrogens with one attached hydrogen (secondary N) is 1. The predicted octanol–water partition coefficient (Wildman–Crippen LogP) is 4.54. The Morgan fingerprint density at radius 2 is 1.71 bits per heavy atom. The lowest BCUT2D eigenvalue weighted by Gasteiger charge is -2.35. The molecule has 0 spiro atoms. The molecule has 190 valence electrons. The largest absolute Gasteiger partial charge is 0.357 e. The lowest BCUT2D eigenvalue weighted by atomic mass is 9.84. The van der Waals surface area contributed by atoms with E-state index >= 15 is 0 Å². The van der Waals surface area contributed by atoms with Crippen LogP contribution in [0.15, 0.2) is 72.9 Å². The third-order valence-corrected chi connectivity index (χ3v) is 7.55. The first-order valence-electron chi connectivity index (χ1n) is 11.7. The summed E-state index contributed by atoms with van der Waals surface area (Å²) in [6.45, 7) is 0. The van der Waals surface area contributed by atoms with Gasteiger partial charge in [-0.2, -0.15) is 0 Å². The average molecular weight is 533 g/mol. The van der Waals surface area contributed by atoms with Gasteiger partial charge in [-0.1, -0.05) is 35.9 Å². The zero-order chi connectivity index (χ0) is 26.7. The first kappa shape index (κ1) is 23.8. The minimum Gasteiger partial charge on any atom is -0.357 e. The second kappa shape index (κ2) is 8.77. The molecule has 0 bridgehead atoms. The summed E-state index contributed by atoms with van der Waals surface area (Å²) in [4.78, 5) is 54.6. The molecule has 11 heteroatoms. The fraction of sp³-hybridized carbons (Fsp3) is 0.148. The molecule has 3 aliphatic rings. The summed E-state index contributed by atoms with van der Waals surface area (Å²) in [5, 5.41) is 13.9. The zero-order valence-electron chi connectivity index (χ0n) is 19.5. The zero-order valence-corrected chi connectivity index (χ0v) is 20.2. The van der Waals surface area contributed by atoms with Crippen molar-refractivity contribution in [1.29, 1.82) is 0 Å². The maximum atomic E-state index is 13.8. The van der Waals surface area contributed by atoms with Crippen LogP contribution in [0.25, 0.3) is 6.08 Å². The highest BCUT2D eigenvalue weighted by atomic mass is 35.5. The second-order valence-corrected chi connectivity index (χ2v) is 9.64. The van der Waals surface area contributed by atoms with Crippen LogP contribution in [0.4, 0.5) is 21.5 Å². The number of carbonyl (C=O) groups excluding carboxylic acids is 3. The molecule has 2 saturated heterocycles. The summed E-state index contributed by atoms with van der Waals surface area (Å²) in [5.41, 5.74) is 1.62. The van der Waals surface area contributed by atoms with Gasteiger partial charge in [-0.05, 0) is 53.6 Å². The number of nitro benzene ring substituents is 1. The maximum Gasteiger partial charge on any atom is 0.289 e. The minimum atomic E-state index is -1.09. The SMILES string of the molecule is O=C(Nc1ccc(Cl)c([N+](=O)[O-])c1)[C@@H]1[C@@H]2C(=O)N(c3ccc(F)cc3)C(=O)[C@H]2[C@@H]2c3ccccc3C=CN12. The molecule has 3 aliphatic heterocycles. The van der Waals surface area contributed by atoms with Gasteiger partial charge in [-0.15, -0.1) is 0 Å². The summed E-state index contributed by atoms with van der Waals surface area (Å²) >= 11 is 5.90. The third kappa shape index (κ3) is 3.56. The molecule has 0 saturated carbocycles. The number of anilines is 2. The van der Waals surface area contributed by atoms with Crippen LogP contribution in [0.2, 0.25) is 5.02 Å². The Balaban J connectivity index is 1.42. The molecule has 2 fully saturated rings. The van der Waals surface area contributed by atoms with Crippen LogP contribution in [-0.4, -0.2) is 33.6 Å². The van der Waals surface area contributed by atoms with Gasteiger partial charge in [-0.25, -0.2) is 9.29 Å². The summed E-state index contributed by atoms with van der Waals surface area (Å²) in [6.07, 6.45) is 3.51. The van der Waals surface area contributed by atoms with E-state index in [1.807, 2.05) is 30.3 Å². The molecular weight excluding hydrogens is 515 g/mol. The maximum absolute atomic E-state index is 13.8. The van der Waals surface area contributed by atoms with Gasteiger partial charge in [0.15, 0.2) is 0 Å². The fourth-order valence-corrected chi connectivity index (χ4v) is 5.83. The van der Waals surface area contributed by atoms with Crippen LogP contribution in [0.1, 0.15) is 17.2 Å². The van der Waals surface area contributed by atoms with Gasteiger partial charge >= 0.3 is 0 Å². The highest BCUT2D eigenvalue weighted by molar-refractivity contribution is 6.32. The standard InChI is InChI=1S/C27H18ClFN4O5/c28-19-10-7-16(13-20(19)33(37)38)30-25(34)24-22-21(23-18-4-2-1-3-14(18)11-12-31(23)24)26(35)32(27(22)36)17-8-5-15(29)6-9-17/h1-13,21-24H,(H,30,34)/t21-,22-,23+,24+/m1/s1. The van der Waals surface area contributed by atoms with E-state index in [0.29, 0.717) is 0 Å². The highest BCUT2D eigenvalue weighted by Crippen LogP contribution is 2.53. The van der Waals surface area contributed by atoms with Crippen molar-refractivity contribution < 1.29 is 23.7 Å². The van der Waals surface area contributed by atoms with Crippen LogP contribution in [0.5, 0.6) is 0 Å². The Labute approximate surface area is 220 Å². The number of halogens is 2. The van der Waals surface area contributed by atoms with E-state index in [9.17, 15) is 28.9 Å². The Morgan fingerprint density at radius 3 is 2.45 bits per heavy atom. The summed E-state index contributed by atoms with van der Waals surface area (Å²) < 4.78 is 13.6. The van der Waals surface area contributed by atoms with Gasteiger partial charge in [-0.3, -0.25) is 24.5 Å². The van der Waals surface area contributed by atoms with Crippen LogP contribution < -0.4 is 10.2 Å². The number of benzene rings is 3. The molecule has 3 aromatic rings. The lowest BCUT2D eigenvalue weighted by Crippen LogP contribution is -2.46. The van der Waals surface area contributed by atoms with Crippen LogP contribution in [0, 0.1) is 27.8 Å². The van der Waals surface area contributed by atoms with E-state index in [1.165, 1.54) is 24.3 Å². The average Bonchev–Trinajstić information content (AvgIpc) is 3.38. The molecule has 6 rings (SSSR count). The lowest BCUT2D eigenvalue weighted by molar-refractivity contribution is -0.384. The van der Waals surface area contributed by atoms with Crippen molar-refractivity contribution in [2.24, 2.45) is 11.8 Å². The number of carbonyl (C=O) groups is 3. The fourth-order valence-electron chi connectivity index (χ4n) is 5.65. The van der Waals surface area contributed by atoms with Crippen molar-refractivity contribution in [2.45, 2.75) is 12.1 Å². The predicted molar refractivity (Wildman–Crippen MR) is 136 cm³/mol. The van der Waals surface area contributed by atoms with Crippen molar-refractivity contribution in [1.82, 2.24) is 4.90 Å². The molecule has 3 amide bonds. The quantitative estimate of drug-likeness (QED) is 0.300. The molecule has 4 atom stereocenters. The second-order valence-electron chi connectivity index (χ2n) is 9.23. The van der Waals surface area contributed by atoms with Crippen molar-refractivity contribution in [3.05, 3.63) is 105 Å². The molecule has 0 unspecified atom stereocenters. The number of rotatable bonds is 4. The summed E-state index contributed by atoms with van der Waals surface area (Å²) in [6, 6.07) is 14.6. The number of fused-ring (bicyclic) bond motifs is 5. The van der Waals surface area contributed by atoms with E-state index in [4.69, 9.17) is 11.6 Å². The normalized spacial score (nSPS) is 23.2. The number of hydrogen-bond donors (Lipinski definition) is 1. The van der Waals surface area contributed by atoms with Gasteiger partial charge in [0, 0.05) is 18.0 Å². The third-order valence-electron chi connectivity index (χ3n) is 7.23. The Morgan fingerprint density at radius 1 is 1.00 bits per heavy atom. The molecule has 0 aliphatic carbocycles. The molecule has 3 heterocycles. The van der Waals surface area contributed by atoms with Gasteiger partial charge < -0.3 is 10.2 Å². The molecule has 38 heavy (non-hydrogen) atoms. The van der Waals surface area contributed by atoms with Crippen molar-refractivity contribution in [3.63, 3.8) is 0 Å². The number of hydrogen-bond acceptors (Lipinski definition) is 6. The van der Waals surface area contributed by atoms with Crippen molar-refractivity contribution in [3.8, 4) is 0 Å². The Bertz CT molecular complexity index is 1560. The van der Waals surface area contributed by atoms with Crippen molar-refractivity contribution >= 4 is 52.5 Å². The van der Waals surface area contributed by atoms with E-state index in [-0.39, 0.29) is 22.1 Å². The number of nitrogens with zero attached hydrogens (tertiary/aromatic N) is 3. The highest BCUT2D eigenvalue weighted by Gasteiger charge is 2.64. The number of amides is 3. The molecule has 0 radical (unpaired) electrons. The minimum absolute atomic E-state index is 0.0870. The first-order valence-corrected chi connectivity index (χ1v) is 12.1. The van der Waals surface area contributed by atoms with Gasteiger partial charge in [0.05, 0.1) is 28.5 Å². The smallest absolute Gasteiger partial charge is 0.289 e. The van der Waals surface area contributed by atoms with Gasteiger partial charge in [0.2, 0.25) is 17.7 Å². The molecule has 0 aromatic heterocycles. The Hall–Kier alpha value is -4.57. The van der Waals surface area contributed by atoms with Crippen LogP contribution in [-0.2, 0) is 14.4 Å². The van der Waals surface area contributed by atoms with Gasteiger partial charge in [0.1, 0.15) is 16.9 Å². The number of nitro groups is 1. The number of imide groups is 1. The van der Waals surface area contributed by atoms with Gasteiger partial charge in [0.25, 0.3) is 5.69 Å². The molecule has 1 N–H and O–H groups in total. The Kier molecular flexibility index (Phi) is 5.50. The van der Waals surface area contributed by atoms with Crippen LogP contribution >= 0.6 is 11.6 Å². The van der Waals surface area contributed by atoms with Crippen molar-refractivity contribution in [2.75, 3.05) is 10.2 Å². The summed E-state index contributed by atoms with van der Waals surface area (Å²) in [7, 11) is 0. The monoisotopic (exact) mass is 532 g/mol. The van der Waals surface area contributed by atoms with E-state index in [0.717, 1.165) is 34.2 Å². The first-order chi connectivity index (χ1) is 18.3. The van der Waals surface area contributed by atoms with E-state index < -0.39 is 52.4 Å². The summed E-state index contributed by atoms with van der Waals surface area (Å²) in [5.74, 6) is -4.10. The van der Waals surface area contributed by atoms with E-state index in [2.05, 4.69) is 5.32 Å². The van der Waals surface area contributed by atoms with Crippen LogP contribution in [0.3, 0.4) is 0 Å². The topological polar surface area (TPSA) is 113 Å². The molecule has 3 aromatic carbocycles. The molecular formula is C27H18ClFN4O5.